The quantitative estimate of drug-likeness (QED) is 0.736. The van der Waals surface area contributed by atoms with Crippen LogP contribution in [0.25, 0.3) is 10.9 Å². The molecule has 1 aromatic carbocycles. The van der Waals surface area contributed by atoms with Crippen LogP contribution in [0.15, 0.2) is 30.5 Å². The van der Waals surface area contributed by atoms with Gasteiger partial charge in [-0.3, -0.25) is 4.98 Å². The van der Waals surface area contributed by atoms with E-state index >= 15 is 0 Å². The summed E-state index contributed by atoms with van der Waals surface area (Å²) >= 11 is 0. The van der Waals surface area contributed by atoms with Gasteiger partial charge in [0.25, 0.3) is 0 Å². The summed E-state index contributed by atoms with van der Waals surface area (Å²) in [5.74, 6) is -0.571. The molecule has 0 saturated carbocycles. The number of aromatic nitrogens is 1. The molecule has 1 heterocycles. The van der Waals surface area contributed by atoms with Crippen LogP contribution in [0.5, 0.6) is 5.75 Å². The number of carboxylic acids is 1. The molecule has 0 aliphatic carbocycles. The Bertz CT molecular complexity index is 610. The van der Waals surface area contributed by atoms with Gasteiger partial charge < -0.3 is 9.84 Å². The van der Waals surface area contributed by atoms with Crippen molar-refractivity contribution in [1.29, 1.82) is 0 Å². The third-order valence-corrected chi connectivity index (χ3v) is 3.45. The van der Waals surface area contributed by atoms with Crippen molar-refractivity contribution >= 4 is 16.9 Å². The number of hydrogen-bond donors (Lipinski definition) is 1. The zero-order valence-electron chi connectivity index (χ0n) is 12.3. The van der Waals surface area contributed by atoms with E-state index in [-0.39, 0.29) is 5.56 Å². The topological polar surface area (TPSA) is 59.4 Å². The number of carbonyl (C=O) groups is 1. The van der Waals surface area contributed by atoms with Gasteiger partial charge in [0, 0.05) is 11.6 Å². The van der Waals surface area contributed by atoms with E-state index in [1.807, 2.05) is 24.3 Å². The summed E-state index contributed by atoms with van der Waals surface area (Å²) < 4.78 is 5.77. The van der Waals surface area contributed by atoms with Crippen LogP contribution in [-0.2, 0) is 0 Å². The molecule has 0 aliphatic rings. The molecular weight excluding hydrogens is 266 g/mol. The van der Waals surface area contributed by atoms with E-state index in [4.69, 9.17) is 4.74 Å². The number of para-hydroxylation sites is 1. The van der Waals surface area contributed by atoms with Crippen molar-refractivity contribution in [3.05, 3.63) is 36.0 Å². The van der Waals surface area contributed by atoms with E-state index in [9.17, 15) is 9.90 Å². The van der Waals surface area contributed by atoms with E-state index in [1.165, 1.54) is 25.5 Å². The summed E-state index contributed by atoms with van der Waals surface area (Å²) in [6.07, 6.45) is 7.06. The first-order chi connectivity index (χ1) is 10.2. The van der Waals surface area contributed by atoms with Gasteiger partial charge in [-0.05, 0) is 18.6 Å². The second-order valence-electron chi connectivity index (χ2n) is 5.09. The molecule has 0 spiro atoms. The average Bonchev–Trinajstić information content (AvgIpc) is 2.50. The Labute approximate surface area is 124 Å². The smallest absolute Gasteiger partial charge is 0.341 e. The molecular formula is C17H21NO3. The van der Waals surface area contributed by atoms with Crippen molar-refractivity contribution in [2.75, 3.05) is 6.61 Å². The molecule has 0 radical (unpaired) electrons. The van der Waals surface area contributed by atoms with Gasteiger partial charge in [0.15, 0.2) is 0 Å². The zero-order valence-corrected chi connectivity index (χ0v) is 12.3. The van der Waals surface area contributed by atoms with E-state index in [2.05, 4.69) is 11.9 Å². The molecule has 2 aromatic rings. The van der Waals surface area contributed by atoms with Gasteiger partial charge in [-0.15, -0.1) is 0 Å². The standard InChI is InChI=1S/C17H21NO3/c1-2-3-4-5-8-11-21-16-13-9-6-7-10-15(13)18-12-14(16)17(19)20/h6-7,9-10,12H,2-5,8,11H2,1H3,(H,19,20). The van der Waals surface area contributed by atoms with Crippen molar-refractivity contribution < 1.29 is 14.6 Å². The molecule has 0 amide bonds. The van der Waals surface area contributed by atoms with Crippen LogP contribution in [-0.4, -0.2) is 22.7 Å². The summed E-state index contributed by atoms with van der Waals surface area (Å²) in [6.45, 7) is 2.72. The Morgan fingerprint density at radius 2 is 1.95 bits per heavy atom. The lowest BCUT2D eigenvalue weighted by atomic mass is 10.1. The summed E-state index contributed by atoms with van der Waals surface area (Å²) in [7, 11) is 0. The number of nitrogens with zero attached hydrogens (tertiary/aromatic N) is 1. The van der Waals surface area contributed by atoms with Crippen molar-refractivity contribution in [2.24, 2.45) is 0 Å². The Hall–Kier alpha value is -2.10. The zero-order chi connectivity index (χ0) is 15.1. The molecule has 0 unspecified atom stereocenters. The Morgan fingerprint density at radius 3 is 2.71 bits per heavy atom. The number of pyridine rings is 1. The molecule has 0 bridgehead atoms. The highest BCUT2D eigenvalue weighted by Gasteiger charge is 2.15. The molecule has 21 heavy (non-hydrogen) atoms. The van der Waals surface area contributed by atoms with Gasteiger partial charge in [0.1, 0.15) is 11.3 Å². The predicted molar refractivity (Wildman–Crippen MR) is 83.0 cm³/mol. The Balaban J connectivity index is 2.12. The van der Waals surface area contributed by atoms with Gasteiger partial charge in [-0.2, -0.15) is 0 Å². The van der Waals surface area contributed by atoms with Gasteiger partial charge in [0.05, 0.1) is 12.1 Å². The third kappa shape index (κ3) is 3.94. The molecule has 1 aromatic heterocycles. The van der Waals surface area contributed by atoms with E-state index in [0.717, 1.165) is 23.7 Å². The van der Waals surface area contributed by atoms with Crippen LogP contribution in [0.2, 0.25) is 0 Å². The minimum Gasteiger partial charge on any atom is -0.492 e. The second kappa shape index (κ2) is 7.62. The highest BCUT2D eigenvalue weighted by atomic mass is 16.5. The maximum absolute atomic E-state index is 11.3. The number of unbranched alkanes of at least 4 members (excludes halogenated alkanes) is 4. The molecule has 4 nitrogen and oxygen atoms in total. The van der Waals surface area contributed by atoms with Crippen molar-refractivity contribution in [2.45, 2.75) is 39.0 Å². The fraction of sp³-hybridized carbons (Fsp3) is 0.412. The van der Waals surface area contributed by atoms with Gasteiger partial charge in [-0.1, -0.05) is 44.7 Å². The van der Waals surface area contributed by atoms with Gasteiger partial charge >= 0.3 is 5.97 Å². The fourth-order valence-corrected chi connectivity index (χ4v) is 2.30. The third-order valence-electron chi connectivity index (χ3n) is 3.45. The first kappa shape index (κ1) is 15.3. The highest BCUT2D eigenvalue weighted by Crippen LogP contribution is 2.28. The number of hydrogen-bond acceptors (Lipinski definition) is 3. The van der Waals surface area contributed by atoms with E-state index < -0.39 is 5.97 Å². The van der Waals surface area contributed by atoms with Crippen LogP contribution < -0.4 is 4.74 Å². The summed E-state index contributed by atoms with van der Waals surface area (Å²) in [5, 5.41) is 10.0. The van der Waals surface area contributed by atoms with Gasteiger partial charge in [0.2, 0.25) is 0 Å². The predicted octanol–water partition coefficient (Wildman–Crippen LogP) is 4.28. The number of carboxylic acid groups (broad SMARTS) is 1. The Morgan fingerprint density at radius 1 is 1.19 bits per heavy atom. The number of ether oxygens (including phenoxy) is 1. The molecule has 112 valence electrons. The Kier molecular flexibility index (Phi) is 5.55. The highest BCUT2D eigenvalue weighted by molar-refractivity contribution is 5.98. The number of aromatic carboxylic acids is 1. The first-order valence-electron chi connectivity index (χ1n) is 7.48. The minimum atomic E-state index is -1.01. The molecule has 4 heteroatoms. The maximum Gasteiger partial charge on any atom is 0.341 e. The molecule has 0 aliphatic heterocycles. The second-order valence-corrected chi connectivity index (χ2v) is 5.09. The SMILES string of the molecule is CCCCCCCOc1c(C(=O)O)cnc2ccccc12. The van der Waals surface area contributed by atoms with Crippen LogP contribution >= 0.6 is 0 Å². The normalized spacial score (nSPS) is 10.7. The van der Waals surface area contributed by atoms with Crippen LogP contribution in [0.4, 0.5) is 0 Å². The average molecular weight is 287 g/mol. The summed E-state index contributed by atoms with van der Waals surface area (Å²) in [5.41, 5.74) is 0.880. The number of fused-ring (bicyclic) bond motifs is 1. The fourth-order valence-electron chi connectivity index (χ4n) is 2.30. The number of benzene rings is 1. The number of rotatable bonds is 8. The lowest BCUT2D eigenvalue weighted by Crippen LogP contribution is -2.06. The van der Waals surface area contributed by atoms with Crippen LogP contribution in [0, 0.1) is 0 Å². The van der Waals surface area contributed by atoms with E-state index in [0.29, 0.717) is 12.4 Å². The lowest BCUT2D eigenvalue weighted by Gasteiger charge is -2.11. The van der Waals surface area contributed by atoms with Gasteiger partial charge in [-0.25, -0.2) is 4.79 Å². The largest absolute Gasteiger partial charge is 0.492 e. The van der Waals surface area contributed by atoms with Crippen LogP contribution in [0.1, 0.15) is 49.4 Å². The summed E-state index contributed by atoms with van der Waals surface area (Å²) in [4.78, 5) is 15.5. The molecule has 0 fully saturated rings. The van der Waals surface area contributed by atoms with Crippen molar-refractivity contribution in [3.8, 4) is 5.75 Å². The molecule has 1 N–H and O–H groups in total. The molecule has 0 saturated heterocycles. The molecule has 0 atom stereocenters. The minimum absolute atomic E-state index is 0.127. The van der Waals surface area contributed by atoms with Crippen molar-refractivity contribution in [3.63, 3.8) is 0 Å². The molecule has 2 rings (SSSR count). The van der Waals surface area contributed by atoms with Crippen LogP contribution in [0.3, 0.4) is 0 Å². The monoisotopic (exact) mass is 287 g/mol. The van der Waals surface area contributed by atoms with E-state index in [1.54, 1.807) is 0 Å². The maximum atomic E-state index is 11.3. The first-order valence-corrected chi connectivity index (χ1v) is 7.48. The summed E-state index contributed by atoms with van der Waals surface area (Å²) in [6, 6.07) is 7.45. The van der Waals surface area contributed by atoms with Crippen molar-refractivity contribution in [1.82, 2.24) is 4.98 Å². The lowest BCUT2D eigenvalue weighted by molar-refractivity contribution is 0.0692.